The number of nitrogens with one attached hydrogen (secondary N) is 1. The van der Waals surface area contributed by atoms with E-state index in [1.165, 1.54) is 38.8 Å². The molecule has 1 aliphatic carbocycles. The second-order valence-electron chi connectivity index (χ2n) is 6.37. The number of piperidine rings is 1. The number of aromatic hydroxyl groups is 1. The zero-order valence-electron chi connectivity index (χ0n) is 12.7. The van der Waals surface area contributed by atoms with Gasteiger partial charge in [0.05, 0.1) is 0 Å². The molecule has 2 aliphatic rings. The van der Waals surface area contributed by atoms with Crippen LogP contribution < -0.4 is 5.32 Å². The minimum Gasteiger partial charge on any atom is -0.508 e. The van der Waals surface area contributed by atoms with E-state index >= 15 is 0 Å². The third kappa shape index (κ3) is 3.79. The van der Waals surface area contributed by atoms with Gasteiger partial charge in [0.25, 0.3) is 0 Å². The summed E-state index contributed by atoms with van der Waals surface area (Å²) >= 11 is 3.50. The maximum Gasteiger partial charge on any atom is 0.120 e. The van der Waals surface area contributed by atoms with Crippen molar-refractivity contribution in [1.29, 1.82) is 0 Å². The summed E-state index contributed by atoms with van der Waals surface area (Å²) in [6.45, 7) is 4.63. The molecule has 1 unspecified atom stereocenters. The van der Waals surface area contributed by atoms with Gasteiger partial charge in [0, 0.05) is 28.2 Å². The Labute approximate surface area is 135 Å². The van der Waals surface area contributed by atoms with Crippen molar-refractivity contribution < 1.29 is 5.11 Å². The molecular formula is C17H25BrN2O. The normalized spacial score (nSPS) is 22.4. The van der Waals surface area contributed by atoms with Crippen LogP contribution in [0.15, 0.2) is 22.7 Å². The summed E-state index contributed by atoms with van der Waals surface area (Å²) in [5.74, 6) is 0.396. The molecule has 2 N–H and O–H groups in total. The van der Waals surface area contributed by atoms with Crippen LogP contribution in [-0.4, -0.2) is 35.2 Å². The van der Waals surface area contributed by atoms with E-state index in [4.69, 9.17) is 0 Å². The molecule has 0 spiro atoms. The van der Waals surface area contributed by atoms with Crippen molar-refractivity contribution >= 4 is 15.9 Å². The second-order valence-corrected chi connectivity index (χ2v) is 7.29. The number of phenols is 1. The molecule has 0 amide bonds. The largest absolute Gasteiger partial charge is 0.508 e. The fourth-order valence-electron chi connectivity index (χ4n) is 3.39. The van der Waals surface area contributed by atoms with Crippen LogP contribution in [0.1, 0.15) is 50.6 Å². The summed E-state index contributed by atoms with van der Waals surface area (Å²) in [6.07, 6.45) is 6.25. The molecule has 3 nitrogen and oxygen atoms in total. The standard InChI is InChI=1S/C17H25BrN2O/c1-2-16(15-11-12(18)3-6-17(15)21)19-13-7-9-20(10-8-13)14-4-5-14/h3,6,11,13-14,16,19,21H,2,4-5,7-10H2,1H3. The van der Waals surface area contributed by atoms with Crippen LogP contribution in [0.4, 0.5) is 0 Å². The minimum atomic E-state index is 0.236. The van der Waals surface area contributed by atoms with Crippen molar-refractivity contribution in [1.82, 2.24) is 10.2 Å². The number of hydrogen-bond donors (Lipinski definition) is 2. The highest BCUT2D eigenvalue weighted by molar-refractivity contribution is 9.10. The molecule has 2 fully saturated rings. The van der Waals surface area contributed by atoms with Gasteiger partial charge in [-0.1, -0.05) is 22.9 Å². The van der Waals surface area contributed by atoms with Crippen molar-refractivity contribution in [2.45, 2.75) is 57.2 Å². The fraction of sp³-hybridized carbons (Fsp3) is 0.647. The molecule has 0 aromatic heterocycles. The van der Waals surface area contributed by atoms with Crippen LogP contribution in [0.3, 0.4) is 0 Å². The number of benzene rings is 1. The Balaban J connectivity index is 1.60. The highest BCUT2D eigenvalue weighted by Gasteiger charge is 2.32. The number of hydrogen-bond acceptors (Lipinski definition) is 3. The Morgan fingerprint density at radius 2 is 2.00 bits per heavy atom. The van der Waals surface area contributed by atoms with E-state index < -0.39 is 0 Å². The van der Waals surface area contributed by atoms with Crippen molar-refractivity contribution in [3.63, 3.8) is 0 Å². The highest BCUT2D eigenvalue weighted by Crippen LogP contribution is 2.32. The lowest BCUT2D eigenvalue weighted by Crippen LogP contribution is -2.44. The van der Waals surface area contributed by atoms with Crippen molar-refractivity contribution in [3.05, 3.63) is 28.2 Å². The molecule has 1 aromatic carbocycles. The number of rotatable bonds is 5. The lowest BCUT2D eigenvalue weighted by atomic mass is 9.98. The van der Waals surface area contributed by atoms with E-state index in [9.17, 15) is 5.11 Å². The van der Waals surface area contributed by atoms with Gasteiger partial charge in [-0.3, -0.25) is 0 Å². The fourth-order valence-corrected chi connectivity index (χ4v) is 3.77. The summed E-state index contributed by atoms with van der Waals surface area (Å²) in [7, 11) is 0. The lowest BCUT2D eigenvalue weighted by Gasteiger charge is -2.34. The van der Waals surface area contributed by atoms with Crippen molar-refractivity contribution in [3.8, 4) is 5.75 Å². The molecule has 0 bridgehead atoms. The van der Waals surface area contributed by atoms with E-state index in [-0.39, 0.29) is 6.04 Å². The number of nitrogens with zero attached hydrogens (tertiary/aromatic N) is 1. The van der Waals surface area contributed by atoms with Crippen LogP contribution in [0.5, 0.6) is 5.75 Å². The molecular weight excluding hydrogens is 328 g/mol. The van der Waals surface area contributed by atoms with E-state index in [1.54, 1.807) is 6.07 Å². The molecule has 1 saturated carbocycles. The van der Waals surface area contributed by atoms with Crippen LogP contribution >= 0.6 is 15.9 Å². The van der Waals surface area contributed by atoms with Gasteiger partial charge in [-0.15, -0.1) is 0 Å². The highest BCUT2D eigenvalue weighted by atomic mass is 79.9. The van der Waals surface area contributed by atoms with Gasteiger partial charge in [0.2, 0.25) is 0 Å². The lowest BCUT2D eigenvalue weighted by molar-refractivity contribution is 0.182. The first kappa shape index (κ1) is 15.3. The summed E-state index contributed by atoms with van der Waals surface area (Å²) in [6, 6.07) is 7.40. The van der Waals surface area contributed by atoms with Crippen molar-refractivity contribution in [2.75, 3.05) is 13.1 Å². The first-order chi connectivity index (χ1) is 10.2. The topological polar surface area (TPSA) is 35.5 Å². The Hall–Kier alpha value is -0.580. The van der Waals surface area contributed by atoms with Crippen LogP contribution in [0.2, 0.25) is 0 Å². The van der Waals surface area contributed by atoms with E-state index in [0.29, 0.717) is 11.8 Å². The van der Waals surface area contributed by atoms with Crippen LogP contribution in [0, 0.1) is 0 Å². The summed E-state index contributed by atoms with van der Waals surface area (Å²) in [5, 5.41) is 13.9. The minimum absolute atomic E-state index is 0.236. The Morgan fingerprint density at radius 3 is 2.62 bits per heavy atom. The van der Waals surface area contributed by atoms with Gasteiger partial charge >= 0.3 is 0 Å². The third-order valence-electron chi connectivity index (χ3n) is 4.80. The second kappa shape index (κ2) is 6.67. The summed E-state index contributed by atoms with van der Waals surface area (Å²) in [4.78, 5) is 2.65. The Morgan fingerprint density at radius 1 is 1.29 bits per heavy atom. The van der Waals surface area contributed by atoms with Gasteiger partial charge in [-0.2, -0.15) is 0 Å². The molecule has 1 aromatic rings. The van der Waals surface area contributed by atoms with Gasteiger partial charge in [-0.05, 0) is 63.4 Å². The van der Waals surface area contributed by atoms with Crippen LogP contribution in [-0.2, 0) is 0 Å². The Bertz CT molecular complexity index is 482. The molecule has 21 heavy (non-hydrogen) atoms. The molecule has 4 heteroatoms. The summed E-state index contributed by atoms with van der Waals surface area (Å²) in [5.41, 5.74) is 1.01. The molecule has 1 saturated heterocycles. The average Bonchev–Trinajstić information content (AvgIpc) is 3.33. The first-order valence-electron chi connectivity index (χ1n) is 8.16. The van der Waals surface area contributed by atoms with Crippen LogP contribution in [0.25, 0.3) is 0 Å². The predicted octanol–water partition coefficient (Wildman–Crippen LogP) is 3.82. The number of phenolic OH excluding ortho intramolecular Hbond substituents is 1. The molecule has 116 valence electrons. The van der Waals surface area contributed by atoms with Crippen molar-refractivity contribution in [2.24, 2.45) is 0 Å². The molecule has 1 heterocycles. The van der Waals surface area contributed by atoms with Gasteiger partial charge in [-0.25, -0.2) is 0 Å². The van der Waals surface area contributed by atoms with E-state index in [2.05, 4.69) is 33.1 Å². The first-order valence-corrected chi connectivity index (χ1v) is 8.95. The molecule has 0 radical (unpaired) electrons. The number of halogens is 1. The zero-order chi connectivity index (χ0) is 14.8. The number of likely N-dealkylation sites (tertiary alicyclic amines) is 1. The zero-order valence-corrected chi connectivity index (χ0v) is 14.3. The maximum absolute atomic E-state index is 10.1. The van der Waals surface area contributed by atoms with Gasteiger partial charge < -0.3 is 15.3 Å². The summed E-state index contributed by atoms with van der Waals surface area (Å²) < 4.78 is 1.03. The Kier molecular flexibility index (Phi) is 4.87. The average molecular weight is 353 g/mol. The van der Waals surface area contributed by atoms with Gasteiger partial charge in [0.15, 0.2) is 0 Å². The molecule has 1 atom stereocenters. The van der Waals surface area contributed by atoms with E-state index in [0.717, 1.165) is 22.5 Å². The SMILES string of the molecule is CCC(NC1CCN(C2CC2)CC1)c1cc(Br)ccc1O. The van der Waals surface area contributed by atoms with Gasteiger partial charge in [0.1, 0.15) is 5.75 Å². The van der Waals surface area contributed by atoms with E-state index in [1.807, 2.05) is 12.1 Å². The smallest absolute Gasteiger partial charge is 0.120 e. The molecule has 3 rings (SSSR count). The predicted molar refractivity (Wildman–Crippen MR) is 89.6 cm³/mol. The molecule has 1 aliphatic heterocycles. The third-order valence-corrected chi connectivity index (χ3v) is 5.30. The quantitative estimate of drug-likeness (QED) is 0.845. The maximum atomic E-state index is 10.1. The monoisotopic (exact) mass is 352 g/mol.